The van der Waals surface area contributed by atoms with Crippen molar-refractivity contribution in [3.63, 3.8) is 0 Å². The fraction of sp³-hybridized carbons (Fsp3) is 0.250. The Hall–Kier alpha value is 0.140. The summed E-state index contributed by atoms with van der Waals surface area (Å²) in [6, 6.07) is 9.51. The van der Waals surface area contributed by atoms with E-state index in [1.54, 1.807) is 0 Å². The van der Waals surface area contributed by atoms with E-state index in [4.69, 9.17) is 0 Å². The average molecular weight is 280 g/mol. The quantitative estimate of drug-likeness (QED) is 0.826. The molecule has 0 aliphatic heterocycles. The summed E-state index contributed by atoms with van der Waals surface area (Å²) in [7, 11) is 0. The van der Waals surface area contributed by atoms with Crippen molar-refractivity contribution < 1.29 is 5.11 Å². The number of rotatable bonds is 2. The Bertz CT molecular complexity index is 211. The Balaban J connectivity index is 2.77. The summed E-state index contributed by atoms with van der Waals surface area (Å²) in [5, 5.41) is 9.50. The maximum absolute atomic E-state index is 9.50. The van der Waals surface area contributed by atoms with Crippen molar-refractivity contribution in [2.24, 2.45) is 0 Å². The number of benzene rings is 1. The summed E-state index contributed by atoms with van der Waals surface area (Å²) < 4.78 is -0.0857. The van der Waals surface area contributed by atoms with Crippen molar-refractivity contribution in [2.75, 3.05) is 0 Å². The van der Waals surface area contributed by atoms with Gasteiger partial charge >= 0.3 is 0 Å². The number of hydrogen-bond acceptors (Lipinski definition) is 1. The Kier molecular flexibility index (Phi) is 3.55. The zero-order valence-electron chi connectivity index (χ0n) is 5.74. The molecule has 0 aliphatic carbocycles. The van der Waals surface area contributed by atoms with Gasteiger partial charge in [-0.2, -0.15) is 0 Å². The molecule has 60 valence electrons. The van der Waals surface area contributed by atoms with Gasteiger partial charge in [-0.15, -0.1) is 0 Å². The van der Waals surface area contributed by atoms with Crippen LogP contribution in [0.25, 0.3) is 0 Å². The van der Waals surface area contributed by atoms with Crippen LogP contribution < -0.4 is 0 Å². The van der Waals surface area contributed by atoms with E-state index in [-0.39, 0.29) is 3.74 Å². The molecule has 0 unspecified atom stereocenters. The van der Waals surface area contributed by atoms with Gasteiger partial charge in [-0.05, 0) is 5.56 Å². The Morgan fingerprint density at radius 3 is 2.09 bits per heavy atom. The van der Waals surface area contributed by atoms with Crippen LogP contribution in [-0.2, 0) is 0 Å². The Morgan fingerprint density at radius 1 is 1.09 bits per heavy atom. The lowest BCUT2D eigenvalue weighted by Gasteiger charge is -2.10. The second-order valence-corrected chi connectivity index (χ2v) is 5.39. The van der Waals surface area contributed by atoms with E-state index < -0.39 is 6.10 Å². The molecule has 1 aromatic carbocycles. The third-order valence-corrected chi connectivity index (χ3v) is 2.38. The molecule has 0 heterocycles. The summed E-state index contributed by atoms with van der Waals surface area (Å²) in [4.78, 5) is 0. The molecule has 11 heavy (non-hydrogen) atoms. The van der Waals surface area contributed by atoms with Gasteiger partial charge in [0.1, 0.15) is 6.10 Å². The first-order valence-corrected chi connectivity index (χ1v) is 5.06. The van der Waals surface area contributed by atoms with Crippen molar-refractivity contribution in [1.82, 2.24) is 0 Å². The standard InChI is InChI=1S/C8H8Br2O/c9-8(10)7(11)6-4-2-1-3-5-6/h1-5,7-8,11H/t7-/m0/s1. The smallest absolute Gasteiger partial charge is 0.101 e. The Labute approximate surface area is 82.7 Å². The zero-order valence-corrected chi connectivity index (χ0v) is 8.92. The Morgan fingerprint density at radius 2 is 1.64 bits per heavy atom. The van der Waals surface area contributed by atoms with E-state index >= 15 is 0 Å². The molecule has 0 aliphatic rings. The highest BCUT2D eigenvalue weighted by Gasteiger charge is 2.13. The topological polar surface area (TPSA) is 20.2 Å². The SMILES string of the molecule is O[C@@H](c1ccccc1)C(Br)Br. The maximum Gasteiger partial charge on any atom is 0.101 e. The van der Waals surface area contributed by atoms with Gasteiger partial charge in [-0.3, -0.25) is 0 Å². The highest BCUT2D eigenvalue weighted by Crippen LogP contribution is 2.26. The van der Waals surface area contributed by atoms with E-state index in [0.717, 1.165) is 5.56 Å². The predicted octanol–water partition coefficient (Wildman–Crippen LogP) is 2.84. The summed E-state index contributed by atoms with van der Waals surface area (Å²) in [6.07, 6.45) is -0.490. The van der Waals surface area contributed by atoms with Gasteiger partial charge in [0, 0.05) is 0 Å². The molecule has 0 bridgehead atoms. The molecule has 0 aromatic heterocycles. The molecule has 0 spiro atoms. The zero-order chi connectivity index (χ0) is 8.27. The highest BCUT2D eigenvalue weighted by molar-refractivity contribution is 9.24. The minimum atomic E-state index is -0.490. The number of aliphatic hydroxyl groups excluding tert-OH is 1. The molecule has 0 fully saturated rings. The van der Waals surface area contributed by atoms with Gasteiger partial charge in [0.15, 0.2) is 0 Å². The third-order valence-electron chi connectivity index (χ3n) is 1.38. The van der Waals surface area contributed by atoms with Crippen LogP contribution in [0.5, 0.6) is 0 Å². The second-order valence-electron chi connectivity index (χ2n) is 2.19. The van der Waals surface area contributed by atoms with Crippen LogP contribution in [0.3, 0.4) is 0 Å². The minimum Gasteiger partial charge on any atom is -0.386 e. The number of aliphatic hydroxyl groups is 1. The van der Waals surface area contributed by atoms with E-state index in [0.29, 0.717) is 0 Å². The monoisotopic (exact) mass is 278 g/mol. The first-order chi connectivity index (χ1) is 5.22. The molecule has 1 atom stereocenters. The molecule has 1 N–H and O–H groups in total. The van der Waals surface area contributed by atoms with Gasteiger partial charge in [0.25, 0.3) is 0 Å². The molecule has 1 nitrogen and oxygen atoms in total. The van der Waals surface area contributed by atoms with Crippen LogP contribution >= 0.6 is 31.9 Å². The van der Waals surface area contributed by atoms with Gasteiger partial charge in [-0.25, -0.2) is 0 Å². The normalized spacial score (nSPS) is 13.5. The lowest BCUT2D eigenvalue weighted by molar-refractivity contribution is 0.199. The number of hydrogen-bond donors (Lipinski definition) is 1. The average Bonchev–Trinajstić information content (AvgIpc) is 2.05. The molecule has 1 rings (SSSR count). The largest absolute Gasteiger partial charge is 0.386 e. The molecule has 0 saturated carbocycles. The predicted molar refractivity (Wildman–Crippen MR) is 53.0 cm³/mol. The molecule has 0 radical (unpaired) electrons. The number of halogens is 2. The maximum atomic E-state index is 9.50. The molecule has 0 saturated heterocycles. The van der Waals surface area contributed by atoms with E-state index in [1.807, 2.05) is 30.3 Å². The van der Waals surface area contributed by atoms with Crippen molar-refractivity contribution in [3.05, 3.63) is 35.9 Å². The van der Waals surface area contributed by atoms with Crippen LogP contribution in [0, 0.1) is 0 Å². The summed E-state index contributed by atoms with van der Waals surface area (Å²) in [6.45, 7) is 0. The molecule has 3 heteroatoms. The van der Waals surface area contributed by atoms with Crippen LogP contribution in [0.2, 0.25) is 0 Å². The molecule has 1 aromatic rings. The second kappa shape index (κ2) is 4.24. The molecule has 0 amide bonds. The summed E-state index contributed by atoms with van der Waals surface area (Å²) >= 11 is 6.49. The van der Waals surface area contributed by atoms with Crippen molar-refractivity contribution in [1.29, 1.82) is 0 Å². The number of alkyl halides is 2. The van der Waals surface area contributed by atoms with Gasteiger partial charge in [0.05, 0.1) is 3.74 Å². The lowest BCUT2D eigenvalue weighted by Crippen LogP contribution is -2.04. The highest BCUT2D eigenvalue weighted by atomic mass is 79.9. The fourth-order valence-electron chi connectivity index (χ4n) is 0.796. The fourth-order valence-corrected chi connectivity index (χ4v) is 1.41. The summed E-state index contributed by atoms with van der Waals surface area (Å²) in [5.41, 5.74) is 0.909. The third kappa shape index (κ3) is 2.58. The lowest BCUT2D eigenvalue weighted by atomic mass is 10.1. The van der Waals surface area contributed by atoms with Crippen molar-refractivity contribution >= 4 is 31.9 Å². The van der Waals surface area contributed by atoms with Crippen LogP contribution in [-0.4, -0.2) is 8.84 Å². The molecular weight excluding hydrogens is 272 g/mol. The van der Waals surface area contributed by atoms with Crippen LogP contribution in [0.1, 0.15) is 11.7 Å². The van der Waals surface area contributed by atoms with Crippen LogP contribution in [0.15, 0.2) is 30.3 Å². The minimum absolute atomic E-state index is 0.0857. The first-order valence-electron chi connectivity index (χ1n) is 3.23. The van der Waals surface area contributed by atoms with Crippen LogP contribution in [0.4, 0.5) is 0 Å². The molecular formula is C8H8Br2O. The van der Waals surface area contributed by atoms with E-state index in [9.17, 15) is 5.11 Å². The summed E-state index contributed by atoms with van der Waals surface area (Å²) in [5.74, 6) is 0. The van der Waals surface area contributed by atoms with Gasteiger partial charge in [0.2, 0.25) is 0 Å². The van der Waals surface area contributed by atoms with Crippen molar-refractivity contribution in [3.8, 4) is 0 Å². The van der Waals surface area contributed by atoms with Crippen molar-refractivity contribution in [2.45, 2.75) is 9.84 Å². The van der Waals surface area contributed by atoms with E-state index in [2.05, 4.69) is 31.9 Å². The van der Waals surface area contributed by atoms with E-state index in [1.165, 1.54) is 0 Å². The first kappa shape index (κ1) is 9.23. The van der Waals surface area contributed by atoms with Gasteiger partial charge < -0.3 is 5.11 Å². The van der Waals surface area contributed by atoms with Gasteiger partial charge in [-0.1, -0.05) is 62.2 Å².